The summed E-state index contributed by atoms with van der Waals surface area (Å²) in [5, 5.41) is 0. The lowest BCUT2D eigenvalue weighted by atomic mass is 9.83. The Balaban J connectivity index is 3.73. The van der Waals surface area contributed by atoms with Gasteiger partial charge >= 0.3 is 0 Å². The molecule has 0 radical (unpaired) electrons. The molecule has 0 aliphatic carbocycles. The minimum Gasteiger partial charge on any atom is -0.211 e. The predicted octanol–water partition coefficient (Wildman–Crippen LogP) is 3.23. The molecule has 0 fully saturated rings. The highest BCUT2D eigenvalue weighted by atomic mass is 16.1. The van der Waals surface area contributed by atoms with Gasteiger partial charge in [-0.1, -0.05) is 26.8 Å². The van der Waals surface area contributed by atoms with E-state index >= 15 is 0 Å². The Labute approximate surface area is 100 Å². The van der Waals surface area contributed by atoms with Crippen molar-refractivity contribution in [3.8, 4) is 0 Å². The largest absolute Gasteiger partial charge is 0.240 e. The Morgan fingerprint density at radius 1 is 1.06 bits per heavy atom. The van der Waals surface area contributed by atoms with Crippen LogP contribution in [0.4, 0.5) is 11.4 Å². The van der Waals surface area contributed by atoms with E-state index in [1.165, 1.54) is 6.08 Å². The molecule has 0 unspecified atom stereocenters. The van der Waals surface area contributed by atoms with Crippen LogP contribution in [0.1, 0.15) is 31.9 Å². The van der Waals surface area contributed by atoms with Crippen molar-refractivity contribution >= 4 is 23.5 Å². The van der Waals surface area contributed by atoms with Crippen molar-refractivity contribution in [2.75, 3.05) is 0 Å². The number of benzene rings is 1. The van der Waals surface area contributed by atoms with Crippen LogP contribution in [0, 0.1) is 6.92 Å². The lowest BCUT2D eigenvalue weighted by molar-refractivity contribution is 0.564. The molecule has 0 aliphatic heterocycles. The van der Waals surface area contributed by atoms with Crippen LogP contribution in [-0.2, 0) is 15.0 Å². The third-order valence-corrected chi connectivity index (χ3v) is 2.43. The fraction of sp³-hybridized carbons (Fsp3) is 0.385. The SMILES string of the molecule is Cc1ccc(N=C=O)c(C(C)(C)C)c1N=C=O. The number of nitrogens with zero attached hydrogens (tertiary/aromatic N) is 2. The minimum atomic E-state index is -0.280. The van der Waals surface area contributed by atoms with E-state index < -0.39 is 0 Å². The van der Waals surface area contributed by atoms with E-state index in [1.807, 2.05) is 27.7 Å². The van der Waals surface area contributed by atoms with Gasteiger partial charge in [-0.2, -0.15) is 9.98 Å². The molecule has 17 heavy (non-hydrogen) atoms. The summed E-state index contributed by atoms with van der Waals surface area (Å²) < 4.78 is 0. The first-order valence-electron chi connectivity index (χ1n) is 5.21. The smallest absolute Gasteiger partial charge is 0.211 e. The molecule has 0 N–H and O–H groups in total. The van der Waals surface area contributed by atoms with Crippen LogP contribution < -0.4 is 0 Å². The van der Waals surface area contributed by atoms with E-state index in [4.69, 9.17) is 0 Å². The molecule has 4 heteroatoms. The molecular formula is C13H14N2O2. The Bertz CT molecular complexity index is 529. The van der Waals surface area contributed by atoms with Crippen molar-refractivity contribution in [3.05, 3.63) is 23.3 Å². The fourth-order valence-electron chi connectivity index (χ4n) is 1.76. The van der Waals surface area contributed by atoms with Crippen LogP contribution in [-0.4, -0.2) is 12.2 Å². The lowest BCUT2D eigenvalue weighted by Gasteiger charge is -2.23. The van der Waals surface area contributed by atoms with Crippen molar-refractivity contribution in [2.24, 2.45) is 9.98 Å². The molecule has 1 rings (SSSR count). The summed E-state index contributed by atoms with van der Waals surface area (Å²) in [4.78, 5) is 28.3. The molecular weight excluding hydrogens is 216 g/mol. The van der Waals surface area contributed by atoms with Crippen LogP contribution in [0.25, 0.3) is 0 Å². The van der Waals surface area contributed by atoms with Gasteiger partial charge in [0, 0.05) is 5.56 Å². The maximum atomic E-state index is 10.5. The minimum absolute atomic E-state index is 0.280. The summed E-state index contributed by atoms with van der Waals surface area (Å²) in [6.07, 6.45) is 3.06. The Hall–Kier alpha value is -2.02. The van der Waals surface area contributed by atoms with Gasteiger partial charge in [-0.3, -0.25) is 0 Å². The number of aliphatic imine (C=N–C) groups is 2. The number of hydrogen-bond donors (Lipinski definition) is 0. The number of rotatable bonds is 2. The zero-order valence-electron chi connectivity index (χ0n) is 10.4. The molecule has 1 aromatic rings. The normalized spacial score (nSPS) is 10.4. The highest BCUT2D eigenvalue weighted by molar-refractivity contribution is 5.70. The van der Waals surface area contributed by atoms with Crippen LogP contribution in [0.5, 0.6) is 0 Å². The first-order valence-corrected chi connectivity index (χ1v) is 5.21. The second kappa shape index (κ2) is 4.88. The first kappa shape index (κ1) is 13.0. The zero-order valence-corrected chi connectivity index (χ0v) is 10.4. The average Bonchev–Trinajstić information content (AvgIpc) is 2.22. The van der Waals surface area contributed by atoms with Crippen LogP contribution >= 0.6 is 0 Å². The predicted molar refractivity (Wildman–Crippen MR) is 65.4 cm³/mol. The fourth-order valence-corrected chi connectivity index (χ4v) is 1.76. The van der Waals surface area contributed by atoms with Gasteiger partial charge in [-0.15, -0.1) is 0 Å². The van der Waals surface area contributed by atoms with Gasteiger partial charge in [0.1, 0.15) is 0 Å². The van der Waals surface area contributed by atoms with Gasteiger partial charge in [0.2, 0.25) is 12.2 Å². The second-order valence-corrected chi connectivity index (χ2v) is 4.78. The molecule has 0 saturated carbocycles. The molecule has 0 aromatic heterocycles. The average molecular weight is 230 g/mol. The molecule has 0 atom stereocenters. The Morgan fingerprint density at radius 3 is 2.12 bits per heavy atom. The molecule has 0 saturated heterocycles. The first-order chi connectivity index (χ1) is 7.91. The highest BCUT2D eigenvalue weighted by Gasteiger charge is 2.23. The van der Waals surface area contributed by atoms with Gasteiger partial charge in [0.05, 0.1) is 11.4 Å². The molecule has 0 bridgehead atoms. The van der Waals surface area contributed by atoms with Crippen LogP contribution in [0.15, 0.2) is 22.1 Å². The molecule has 0 aliphatic rings. The summed E-state index contributed by atoms with van der Waals surface area (Å²) in [6, 6.07) is 3.49. The molecule has 0 heterocycles. The van der Waals surface area contributed by atoms with Gasteiger partial charge in [0.15, 0.2) is 0 Å². The highest BCUT2D eigenvalue weighted by Crippen LogP contribution is 2.40. The third-order valence-electron chi connectivity index (χ3n) is 2.43. The topological polar surface area (TPSA) is 58.9 Å². The molecule has 1 aromatic carbocycles. The third kappa shape index (κ3) is 2.76. The molecule has 0 amide bonds. The van der Waals surface area contributed by atoms with E-state index in [2.05, 4.69) is 9.98 Å². The molecule has 0 spiro atoms. The van der Waals surface area contributed by atoms with Crippen molar-refractivity contribution in [3.63, 3.8) is 0 Å². The van der Waals surface area contributed by atoms with Crippen molar-refractivity contribution in [1.29, 1.82) is 0 Å². The summed E-state index contributed by atoms with van der Waals surface area (Å²) in [5.74, 6) is 0. The lowest BCUT2D eigenvalue weighted by Crippen LogP contribution is -2.12. The Morgan fingerprint density at radius 2 is 1.65 bits per heavy atom. The summed E-state index contributed by atoms with van der Waals surface area (Å²) >= 11 is 0. The standard InChI is InChI=1S/C13H14N2O2/c1-9-5-6-10(14-7-16)11(13(2,3)4)12(9)15-8-17/h5-6H,1-4H3. The van der Waals surface area contributed by atoms with Gasteiger partial charge in [-0.05, 0) is 24.0 Å². The number of isocyanates is 2. The number of hydrogen-bond acceptors (Lipinski definition) is 4. The van der Waals surface area contributed by atoms with Crippen molar-refractivity contribution in [1.82, 2.24) is 0 Å². The van der Waals surface area contributed by atoms with E-state index in [0.717, 1.165) is 11.1 Å². The Kier molecular flexibility index (Phi) is 3.74. The van der Waals surface area contributed by atoms with Gasteiger partial charge in [-0.25, -0.2) is 9.59 Å². The van der Waals surface area contributed by atoms with Crippen molar-refractivity contribution < 1.29 is 9.59 Å². The van der Waals surface area contributed by atoms with Crippen molar-refractivity contribution in [2.45, 2.75) is 33.1 Å². The van der Waals surface area contributed by atoms with E-state index in [0.29, 0.717) is 11.4 Å². The van der Waals surface area contributed by atoms with E-state index in [-0.39, 0.29) is 5.41 Å². The summed E-state index contributed by atoms with van der Waals surface area (Å²) in [7, 11) is 0. The quantitative estimate of drug-likeness (QED) is 0.578. The number of carbonyl (C=O) groups excluding carboxylic acids is 2. The van der Waals surface area contributed by atoms with Gasteiger partial charge < -0.3 is 0 Å². The maximum Gasteiger partial charge on any atom is 0.240 e. The summed E-state index contributed by atoms with van der Waals surface area (Å²) in [6.45, 7) is 7.75. The van der Waals surface area contributed by atoms with Crippen LogP contribution in [0.3, 0.4) is 0 Å². The van der Waals surface area contributed by atoms with Gasteiger partial charge in [0.25, 0.3) is 0 Å². The number of aryl methyl sites for hydroxylation is 1. The van der Waals surface area contributed by atoms with Crippen LogP contribution in [0.2, 0.25) is 0 Å². The molecule has 88 valence electrons. The monoisotopic (exact) mass is 230 g/mol. The maximum absolute atomic E-state index is 10.5. The second-order valence-electron chi connectivity index (χ2n) is 4.78. The molecule has 4 nitrogen and oxygen atoms in total. The zero-order chi connectivity index (χ0) is 13.1. The van der Waals surface area contributed by atoms with E-state index in [9.17, 15) is 9.59 Å². The van der Waals surface area contributed by atoms with E-state index in [1.54, 1.807) is 18.2 Å². The summed E-state index contributed by atoms with van der Waals surface area (Å²) in [5.41, 5.74) is 2.35.